The van der Waals surface area contributed by atoms with Crippen molar-refractivity contribution >= 4 is 0 Å². The molecule has 102 valence electrons. The summed E-state index contributed by atoms with van der Waals surface area (Å²) < 4.78 is 7.22. The minimum atomic E-state index is 0.661. The molecule has 0 aromatic carbocycles. The molecule has 1 saturated heterocycles. The van der Waals surface area contributed by atoms with Crippen molar-refractivity contribution < 1.29 is 4.74 Å². The zero-order valence-electron chi connectivity index (χ0n) is 11.4. The van der Waals surface area contributed by atoms with E-state index in [2.05, 4.69) is 19.8 Å². The second-order valence-corrected chi connectivity index (χ2v) is 4.95. The molecule has 1 fully saturated rings. The number of ether oxygens (including phenoxy) is 1. The van der Waals surface area contributed by atoms with Gasteiger partial charge in [-0.3, -0.25) is 4.90 Å². The molecule has 0 unspecified atom stereocenters. The Labute approximate surface area is 109 Å². The zero-order chi connectivity index (χ0) is 12.8. The third kappa shape index (κ3) is 3.54. The fraction of sp³-hybridized carbons (Fsp3) is 0.769. The molecule has 1 aromatic heterocycles. The number of rotatable bonds is 7. The Hall–Kier alpha value is -0.910. The van der Waals surface area contributed by atoms with Crippen molar-refractivity contribution in [3.8, 4) is 0 Å². The predicted molar refractivity (Wildman–Crippen MR) is 71.4 cm³/mol. The van der Waals surface area contributed by atoms with Gasteiger partial charge in [-0.2, -0.15) is 0 Å². The molecule has 1 aromatic rings. The first kappa shape index (κ1) is 13.5. The van der Waals surface area contributed by atoms with Gasteiger partial charge in [-0.1, -0.05) is 0 Å². The van der Waals surface area contributed by atoms with Gasteiger partial charge in [0.25, 0.3) is 0 Å². The third-order valence-corrected chi connectivity index (χ3v) is 3.68. The van der Waals surface area contributed by atoms with Gasteiger partial charge in [-0.15, -0.1) is 0 Å². The number of hydrogen-bond donors (Lipinski definition) is 1. The van der Waals surface area contributed by atoms with Gasteiger partial charge in [0, 0.05) is 46.0 Å². The number of methoxy groups -OCH3 is 1. The van der Waals surface area contributed by atoms with Crippen LogP contribution in [0.1, 0.15) is 18.5 Å². The molecule has 0 aliphatic carbocycles. The molecule has 2 heterocycles. The molecule has 1 atom stereocenters. The molecule has 0 bridgehead atoms. The minimum absolute atomic E-state index is 0.661. The molecule has 0 radical (unpaired) electrons. The van der Waals surface area contributed by atoms with Crippen LogP contribution in [0.3, 0.4) is 0 Å². The molecule has 5 nitrogen and oxygen atoms in total. The Morgan fingerprint density at radius 1 is 1.56 bits per heavy atom. The number of nitrogens with one attached hydrogen (secondary N) is 1. The van der Waals surface area contributed by atoms with E-state index in [1.54, 1.807) is 7.11 Å². The second-order valence-electron chi connectivity index (χ2n) is 4.95. The highest BCUT2D eigenvalue weighted by Gasteiger charge is 2.23. The molecule has 1 aliphatic heterocycles. The summed E-state index contributed by atoms with van der Waals surface area (Å²) in [6, 6.07) is 0.661. The molecular weight excluding hydrogens is 228 g/mol. The summed E-state index contributed by atoms with van der Waals surface area (Å²) in [5, 5.41) is 3.53. The second kappa shape index (κ2) is 6.87. The molecule has 18 heavy (non-hydrogen) atoms. The molecule has 0 saturated carbocycles. The maximum absolute atomic E-state index is 5.16. The maximum Gasteiger partial charge on any atom is 0.0945 e. The largest absolute Gasteiger partial charge is 0.383 e. The zero-order valence-corrected chi connectivity index (χ0v) is 11.4. The maximum atomic E-state index is 5.16. The number of imidazole rings is 1. The quantitative estimate of drug-likeness (QED) is 0.772. The van der Waals surface area contributed by atoms with E-state index >= 15 is 0 Å². The Morgan fingerprint density at radius 3 is 3.17 bits per heavy atom. The third-order valence-electron chi connectivity index (χ3n) is 3.68. The summed E-state index contributed by atoms with van der Waals surface area (Å²) in [6.07, 6.45) is 6.37. The minimum Gasteiger partial charge on any atom is -0.383 e. The first-order chi connectivity index (χ1) is 8.81. The summed E-state index contributed by atoms with van der Waals surface area (Å²) in [5.41, 5.74) is 1.23. The lowest BCUT2D eigenvalue weighted by atomic mass is 10.2. The van der Waals surface area contributed by atoms with Crippen LogP contribution >= 0.6 is 0 Å². The van der Waals surface area contributed by atoms with Crippen LogP contribution in [0.5, 0.6) is 0 Å². The lowest BCUT2D eigenvalue weighted by molar-refractivity contribution is 0.140. The van der Waals surface area contributed by atoms with Crippen LogP contribution in [0.2, 0.25) is 0 Å². The van der Waals surface area contributed by atoms with Gasteiger partial charge < -0.3 is 14.6 Å². The first-order valence-electron chi connectivity index (χ1n) is 6.70. The lowest BCUT2D eigenvalue weighted by Crippen LogP contribution is -2.39. The molecule has 0 amide bonds. The number of hydrogen-bond acceptors (Lipinski definition) is 4. The number of likely N-dealkylation sites (tertiary alicyclic amines) is 1. The van der Waals surface area contributed by atoms with Crippen LogP contribution in [-0.2, 0) is 18.3 Å². The smallest absolute Gasteiger partial charge is 0.0945 e. The van der Waals surface area contributed by atoms with Crippen molar-refractivity contribution in [3.63, 3.8) is 0 Å². The fourth-order valence-corrected chi connectivity index (χ4v) is 2.55. The van der Waals surface area contributed by atoms with Crippen LogP contribution in [-0.4, -0.2) is 53.8 Å². The fourth-order valence-electron chi connectivity index (χ4n) is 2.55. The average Bonchev–Trinajstić information content (AvgIpc) is 2.97. The topological polar surface area (TPSA) is 42.3 Å². The van der Waals surface area contributed by atoms with Gasteiger partial charge in [-0.05, 0) is 19.4 Å². The Kier molecular flexibility index (Phi) is 5.16. The molecule has 1 aliphatic rings. The van der Waals surface area contributed by atoms with Gasteiger partial charge in [0.2, 0.25) is 0 Å². The van der Waals surface area contributed by atoms with Crippen LogP contribution in [0.25, 0.3) is 0 Å². The van der Waals surface area contributed by atoms with Crippen molar-refractivity contribution in [1.82, 2.24) is 19.8 Å². The summed E-state index contributed by atoms with van der Waals surface area (Å²) in [4.78, 5) is 6.65. The Bertz CT molecular complexity index is 353. The van der Waals surface area contributed by atoms with Crippen molar-refractivity contribution in [1.29, 1.82) is 0 Å². The summed E-state index contributed by atoms with van der Waals surface area (Å²) in [7, 11) is 3.80. The van der Waals surface area contributed by atoms with Crippen molar-refractivity contribution in [3.05, 3.63) is 18.2 Å². The number of nitrogens with zero attached hydrogens (tertiary/aromatic N) is 3. The van der Waals surface area contributed by atoms with Gasteiger partial charge in [0.15, 0.2) is 0 Å². The van der Waals surface area contributed by atoms with E-state index in [0.29, 0.717) is 6.04 Å². The van der Waals surface area contributed by atoms with Crippen LogP contribution < -0.4 is 5.32 Å². The van der Waals surface area contributed by atoms with E-state index in [-0.39, 0.29) is 0 Å². The standard InChI is InChI=1S/C13H24N4O/c1-16-11-15-10-13(16)9-14-8-12-4-3-5-17(12)6-7-18-2/h10-12,14H,3-9H2,1-2H3/t12-/m1/s1. The van der Waals surface area contributed by atoms with Crippen molar-refractivity contribution in [2.24, 2.45) is 7.05 Å². The van der Waals surface area contributed by atoms with E-state index in [1.165, 1.54) is 25.1 Å². The Balaban J connectivity index is 1.71. The van der Waals surface area contributed by atoms with Gasteiger partial charge in [0.05, 0.1) is 18.6 Å². The normalized spacial score (nSPS) is 20.7. The average molecular weight is 252 g/mol. The summed E-state index contributed by atoms with van der Waals surface area (Å²) in [5.74, 6) is 0. The molecular formula is C13H24N4O. The lowest BCUT2D eigenvalue weighted by Gasteiger charge is -2.24. The number of aryl methyl sites for hydroxylation is 1. The van der Waals surface area contributed by atoms with Gasteiger partial charge >= 0.3 is 0 Å². The Morgan fingerprint density at radius 2 is 2.44 bits per heavy atom. The first-order valence-corrected chi connectivity index (χ1v) is 6.70. The molecule has 5 heteroatoms. The van der Waals surface area contributed by atoms with Crippen molar-refractivity contribution in [2.75, 3.05) is 33.4 Å². The summed E-state index contributed by atoms with van der Waals surface area (Å²) >= 11 is 0. The van der Waals surface area contributed by atoms with E-state index in [9.17, 15) is 0 Å². The van der Waals surface area contributed by atoms with Crippen LogP contribution in [0.4, 0.5) is 0 Å². The molecule has 2 rings (SSSR count). The number of aromatic nitrogens is 2. The molecule has 1 N–H and O–H groups in total. The highest BCUT2D eigenvalue weighted by Crippen LogP contribution is 2.15. The highest BCUT2D eigenvalue weighted by atomic mass is 16.5. The molecule has 0 spiro atoms. The van der Waals surface area contributed by atoms with Crippen LogP contribution in [0, 0.1) is 0 Å². The van der Waals surface area contributed by atoms with Crippen LogP contribution in [0.15, 0.2) is 12.5 Å². The van der Waals surface area contributed by atoms with Gasteiger partial charge in [-0.25, -0.2) is 4.98 Å². The van der Waals surface area contributed by atoms with E-state index in [1.807, 2.05) is 19.6 Å². The summed E-state index contributed by atoms with van der Waals surface area (Å²) in [6.45, 7) is 5.04. The highest BCUT2D eigenvalue weighted by molar-refractivity contribution is 4.97. The van der Waals surface area contributed by atoms with Gasteiger partial charge in [0.1, 0.15) is 0 Å². The van der Waals surface area contributed by atoms with Crippen molar-refractivity contribution in [2.45, 2.75) is 25.4 Å². The SMILES string of the molecule is COCCN1CCC[C@@H]1CNCc1cncn1C. The van der Waals surface area contributed by atoms with E-state index < -0.39 is 0 Å². The van der Waals surface area contributed by atoms with E-state index in [4.69, 9.17) is 4.74 Å². The predicted octanol–water partition coefficient (Wildman–Crippen LogP) is 0.621. The monoisotopic (exact) mass is 252 g/mol. The van der Waals surface area contributed by atoms with E-state index in [0.717, 1.165) is 26.2 Å².